The van der Waals surface area contributed by atoms with Gasteiger partial charge in [-0.1, -0.05) is 36.0 Å². The van der Waals surface area contributed by atoms with Crippen LogP contribution < -0.4 is 10.8 Å². The zero-order valence-corrected chi connectivity index (χ0v) is 11.7. The molecule has 0 bridgehead atoms. The van der Waals surface area contributed by atoms with Crippen molar-refractivity contribution in [1.29, 1.82) is 0 Å². The number of nitrogens with one attached hydrogen (secondary N) is 1. The minimum absolute atomic E-state index is 0.0796. The summed E-state index contributed by atoms with van der Waals surface area (Å²) in [6, 6.07) is 9.63. The summed E-state index contributed by atoms with van der Waals surface area (Å²) in [5.41, 5.74) is 6.69. The molecule has 1 unspecified atom stereocenters. The van der Waals surface area contributed by atoms with Crippen LogP contribution in [-0.2, 0) is 9.84 Å². The van der Waals surface area contributed by atoms with E-state index in [0.29, 0.717) is 5.17 Å². The predicted octanol–water partition coefficient (Wildman–Crippen LogP) is -0.540. The number of amidine groups is 1. The van der Waals surface area contributed by atoms with Crippen LogP contribution >= 0.6 is 11.8 Å². The van der Waals surface area contributed by atoms with Crippen molar-refractivity contribution < 1.29 is 13.5 Å². The Kier molecular flexibility index (Phi) is 4.39. The molecule has 0 saturated carbocycles. The fourth-order valence-corrected chi connectivity index (χ4v) is 4.14. The van der Waals surface area contributed by atoms with Gasteiger partial charge in [-0.25, -0.2) is 8.42 Å². The SMILES string of the molecule is NC(=N[NH+]=Cc1ccccc1)SC1C=CS(=O)(=O)C1. The van der Waals surface area contributed by atoms with Crippen LogP contribution in [0, 0.1) is 0 Å². The Balaban J connectivity index is 1.90. The van der Waals surface area contributed by atoms with Crippen molar-refractivity contribution in [2.24, 2.45) is 10.8 Å². The molecule has 2 rings (SSSR count). The number of nitrogens with two attached hydrogens (primary N) is 1. The lowest BCUT2D eigenvalue weighted by molar-refractivity contribution is -0.456. The number of nitrogens with zero attached hydrogens (tertiary/aromatic N) is 1. The Morgan fingerprint density at radius 3 is 2.79 bits per heavy atom. The maximum Gasteiger partial charge on any atom is 0.226 e. The number of hydrogen-bond acceptors (Lipinski definition) is 4. The molecule has 1 heterocycles. The largest absolute Gasteiger partial charge is 0.373 e. The van der Waals surface area contributed by atoms with Gasteiger partial charge >= 0.3 is 0 Å². The maximum atomic E-state index is 11.2. The van der Waals surface area contributed by atoms with E-state index < -0.39 is 9.84 Å². The highest BCUT2D eigenvalue weighted by Gasteiger charge is 2.23. The summed E-state index contributed by atoms with van der Waals surface area (Å²) < 4.78 is 22.4. The third-order valence-corrected chi connectivity index (χ3v) is 4.94. The molecule has 7 heteroatoms. The van der Waals surface area contributed by atoms with Crippen molar-refractivity contribution in [3.05, 3.63) is 47.4 Å². The summed E-state index contributed by atoms with van der Waals surface area (Å²) in [7, 11) is -3.04. The molecule has 0 aliphatic carbocycles. The first-order chi connectivity index (χ1) is 9.05. The average molecular weight is 296 g/mol. The highest BCUT2D eigenvalue weighted by atomic mass is 32.2. The number of hydrazone groups is 1. The van der Waals surface area contributed by atoms with E-state index >= 15 is 0 Å². The standard InChI is InChI=1S/C12H13N3O2S2/c13-12(18-11-6-7-19(16,17)9-11)15-14-8-10-4-2-1-3-5-10/h1-8,11H,9H2,(H2,13,15)/p+1. The lowest BCUT2D eigenvalue weighted by Gasteiger charge is -2.01. The smallest absolute Gasteiger partial charge is 0.226 e. The molecule has 1 aliphatic heterocycles. The van der Waals surface area contributed by atoms with Gasteiger partial charge in [0.25, 0.3) is 0 Å². The molecule has 0 spiro atoms. The second-order valence-electron chi connectivity index (χ2n) is 3.95. The summed E-state index contributed by atoms with van der Waals surface area (Å²) in [6.45, 7) is 0. The lowest BCUT2D eigenvalue weighted by Crippen LogP contribution is -2.62. The number of sulfone groups is 1. The monoisotopic (exact) mass is 296 g/mol. The Morgan fingerprint density at radius 1 is 1.42 bits per heavy atom. The third kappa shape index (κ3) is 4.53. The van der Waals surface area contributed by atoms with Gasteiger partial charge in [0, 0.05) is 21.3 Å². The van der Waals surface area contributed by atoms with Crippen molar-refractivity contribution in [3.63, 3.8) is 0 Å². The summed E-state index contributed by atoms with van der Waals surface area (Å²) in [5, 5.41) is 8.06. The summed E-state index contributed by atoms with van der Waals surface area (Å²) in [4.78, 5) is 0. The van der Waals surface area contributed by atoms with Gasteiger partial charge < -0.3 is 5.73 Å². The molecule has 5 nitrogen and oxygen atoms in total. The van der Waals surface area contributed by atoms with Crippen LogP contribution in [0.25, 0.3) is 0 Å². The normalized spacial score (nSPS) is 22.1. The molecule has 0 aromatic heterocycles. The molecule has 0 saturated heterocycles. The third-order valence-electron chi connectivity index (χ3n) is 2.37. The van der Waals surface area contributed by atoms with Crippen LogP contribution in [0.3, 0.4) is 0 Å². The van der Waals surface area contributed by atoms with Gasteiger partial charge in [0.15, 0.2) is 9.84 Å². The van der Waals surface area contributed by atoms with Gasteiger partial charge in [0.1, 0.15) is 0 Å². The predicted molar refractivity (Wildman–Crippen MR) is 78.5 cm³/mol. The van der Waals surface area contributed by atoms with E-state index in [1.165, 1.54) is 17.2 Å². The van der Waals surface area contributed by atoms with E-state index in [4.69, 9.17) is 5.73 Å². The van der Waals surface area contributed by atoms with Crippen molar-refractivity contribution >= 4 is 33.0 Å². The first-order valence-electron chi connectivity index (χ1n) is 5.60. The first-order valence-corrected chi connectivity index (χ1v) is 8.19. The van der Waals surface area contributed by atoms with Gasteiger partial charge in [-0.05, 0) is 12.1 Å². The van der Waals surface area contributed by atoms with E-state index in [2.05, 4.69) is 10.2 Å². The second kappa shape index (κ2) is 6.03. The molecular weight excluding hydrogens is 282 g/mol. The molecule has 19 heavy (non-hydrogen) atoms. The van der Waals surface area contributed by atoms with E-state index in [1.807, 2.05) is 30.3 Å². The summed E-state index contributed by atoms with van der Waals surface area (Å²) in [5.74, 6) is 0.0796. The first kappa shape index (κ1) is 13.8. The topological polar surface area (TPSA) is 86.5 Å². The maximum absolute atomic E-state index is 11.2. The number of hydrogen-bond donors (Lipinski definition) is 2. The average Bonchev–Trinajstić information content (AvgIpc) is 2.70. The van der Waals surface area contributed by atoms with E-state index in [-0.39, 0.29) is 11.0 Å². The van der Waals surface area contributed by atoms with Gasteiger partial charge in [0.2, 0.25) is 11.4 Å². The Morgan fingerprint density at radius 2 is 2.16 bits per heavy atom. The van der Waals surface area contributed by atoms with E-state index in [1.54, 1.807) is 12.3 Å². The lowest BCUT2D eigenvalue weighted by atomic mass is 10.2. The number of rotatable bonds is 3. The summed E-state index contributed by atoms with van der Waals surface area (Å²) in [6.07, 6.45) is 3.35. The summed E-state index contributed by atoms with van der Waals surface area (Å²) >= 11 is 1.22. The fourth-order valence-electron chi connectivity index (χ4n) is 1.52. The van der Waals surface area contributed by atoms with Gasteiger partial charge in [-0.15, -0.1) is 5.10 Å². The number of benzene rings is 1. The van der Waals surface area contributed by atoms with Gasteiger partial charge in [0.05, 0.1) is 5.75 Å². The van der Waals surface area contributed by atoms with Crippen LogP contribution in [0.15, 0.2) is 46.9 Å². The van der Waals surface area contributed by atoms with Crippen molar-refractivity contribution in [2.75, 3.05) is 5.75 Å². The highest BCUT2D eigenvalue weighted by molar-refractivity contribution is 8.15. The molecular formula is C12H14N3O2S2+. The van der Waals surface area contributed by atoms with Crippen LogP contribution in [0.2, 0.25) is 0 Å². The molecule has 0 radical (unpaired) electrons. The van der Waals surface area contributed by atoms with Crippen molar-refractivity contribution in [3.8, 4) is 0 Å². The van der Waals surface area contributed by atoms with E-state index in [9.17, 15) is 8.42 Å². The molecule has 1 aromatic rings. The minimum Gasteiger partial charge on any atom is -0.373 e. The molecule has 1 aliphatic rings. The van der Waals surface area contributed by atoms with Crippen LogP contribution in [0.4, 0.5) is 0 Å². The molecule has 1 atom stereocenters. The highest BCUT2D eigenvalue weighted by Crippen LogP contribution is 2.20. The Labute approximate surface area is 116 Å². The van der Waals surface area contributed by atoms with Crippen LogP contribution in [0.5, 0.6) is 0 Å². The Bertz CT molecular complexity index is 622. The fraction of sp³-hybridized carbons (Fsp3) is 0.167. The Hall–Kier alpha value is -1.60. The molecule has 3 N–H and O–H groups in total. The van der Waals surface area contributed by atoms with Crippen LogP contribution in [0.1, 0.15) is 5.56 Å². The van der Waals surface area contributed by atoms with Crippen molar-refractivity contribution in [2.45, 2.75) is 5.25 Å². The van der Waals surface area contributed by atoms with Gasteiger partial charge in [-0.2, -0.15) is 0 Å². The van der Waals surface area contributed by atoms with Crippen LogP contribution in [-0.4, -0.2) is 30.8 Å². The minimum atomic E-state index is -3.04. The zero-order valence-electron chi connectivity index (χ0n) is 10.1. The molecule has 0 fully saturated rings. The molecule has 100 valence electrons. The van der Waals surface area contributed by atoms with Gasteiger partial charge in [-0.3, -0.25) is 0 Å². The zero-order chi connectivity index (χ0) is 13.7. The second-order valence-corrected chi connectivity index (χ2v) is 7.14. The van der Waals surface area contributed by atoms with Crippen molar-refractivity contribution in [1.82, 2.24) is 0 Å². The molecule has 0 amide bonds. The van der Waals surface area contributed by atoms with E-state index in [0.717, 1.165) is 5.56 Å². The quantitative estimate of drug-likeness (QED) is 0.445. The molecule has 1 aromatic carbocycles. The number of thioether (sulfide) groups is 1.